The smallest absolute Gasteiger partial charge is 0.456 e. The van der Waals surface area contributed by atoms with Crippen LogP contribution in [0.2, 0.25) is 15.1 Å². The van der Waals surface area contributed by atoms with Gasteiger partial charge in [-0.05, 0) is 12.1 Å². The van der Waals surface area contributed by atoms with Gasteiger partial charge in [0.05, 0.1) is 10.0 Å². The van der Waals surface area contributed by atoms with Gasteiger partial charge in [0.1, 0.15) is 0 Å². The minimum absolute atomic E-state index is 0. The van der Waals surface area contributed by atoms with Crippen LogP contribution in [0.3, 0.4) is 0 Å². The molecule has 0 heterocycles. The van der Waals surface area contributed by atoms with E-state index in [2.05, 4.69) is 0 Å². The molecule has 0 amide bonds. The Balaban J connectivity index is 0.00000162. The molecule has 1 nitrogen and oxygen atoms in total. The average molecular weight is 315 g/mol. The first-order valence-corrected chi connectivity index (χ1v) is 7.57. The molecule has 1 fully saturated rings. The van der Waals surface area contributed by atoms with Crippen LogP contribution < -0.4 is 18.9 Å². The summed E-state index contributed by atoms with van der Waals surface area (Å²) in [5.41, 5.74) is 0.875. The van der Waals surface area contributed by atoms with Gasteiger partial charge in [0, 0.05) is 16.1 Å². The van der Waals surface area contributed by atoms with Crippen LogP contribution >= 0.6 is 43.4 Å². The topological polar surface area (TPSA) is 17.1 Å². The maximum atomic E-state index is 12.1. The van der Waals surface area contributed by atoms with Gasteiger partial charge in [-0.25, -0.2) is 0 Å². The number of halogens is 3. The van der Waals surface area contributed by atoms with Crippen LogP contribution in [-0.2, 0) is 0 Å². The molecule has 92 valence electrons. The minimum atomic E-state index is 0. The fraction of sp³-hybridized carbons (Fsp3) is 0.417. The second-order valence-electron chi connectivity index (χ2n) is 4.12. The number of rotatable bonds is 3. The van der Waals surface area contributed by atoms with Gasteiger partial charge in [0.2, 0.25) is 0 Å². The van der Waals surface area contributed by atoms with E-state index in [1.807, 2.05) is 0 Å². The van der Waals surface area contributed by atoms with Crippen LogP contribution in [0.15, 0.2) is 12.1 Å². The molecule has 0 spiro atoms. The summed E-state index contributed by atoms with van der Waals surface area (Å²) in [4.78, 5) is 12.1. The summed E-state index contributed by atoms with van der Waals surface area (Å²) >= 11 is 17.9. The maximum Gasteiger partial charge on any atom is 1.00 e. The standard InChI is InChI=1S/C12H11Cl3OP.Li/c13-7-5-9(14)11(10(15)6-7)12(16)17-8-3-1-2-4-8;/h5-6,8H,1-4H2;/q-1;+1. The molecule has 0 saturated heterocycles. The van der Waals surface area contributed by atoms with Gasteiger partial charge >= 0.3 is 18.9 Å². The Morgan fingerprint density at radius 1 is 1.11 bits per heavy atom. The van der Waals surface area contributed by atoms with E-state index in [0.29, 0.717) is 26.3 Å². The number of hydrogen-bond acceptors (Lipinski definition) is 1. The first kappa shape index (κ1) is 16.8. The van der Waals surface area contributed by atoms with Gasteiger partial charge in [-0.15, -0.1) is 0 Å². The third-order valence-electron chi connectivity index (χ3n) is 2.85. The zero-order chi connectivity index (χ0) is 12.4. The van der Waals surface area contributed by atoms with Crippen LogP contribution in [0.5, 0.6) is 0 Å². The fourth-order valence-electron chi connectivity index (χ4n) is 2.01. The van der Waals surface area contributed by atoms with Crippen LogP contribution in [0.4, 0.5) is 0 Å². The van der Waals surface area contributed by atoms with Crippen molar-refractivity contribution in [2.75, 3.05) is 0 Å². The monoisotopic (exact) mass is 314 g/mol. The van der Waals surface area contributed by atoms with Gasteiger partial charge < -0.3 is 13.4 Å². The largest absolute Gasteiger partial charge is 1.00 e. The molecule has 1 aromatic rings. The quantitative estimate of drug-likeness (QED) is 0.619. The molecule has 18 heavy (non-hydrogen) atoms. The molecule has 1 aliphatic carbocycles. The Kier molecular flexibility index (Phi) is 7.05. The third kappa shape index (κ3) is 4.14. The van der Waals surface area contributed by atoms with E-state index in [1.54, 1.807) is 12.1 Å². The molecule has 2 rings (SSSR count). The van der Waals surface area contributed by atoms with Crippen molar-refractivity contribution in [3.63, 3.8) is 0 Å². The second kappa shape index (κ2) is 7.54. The van der Waals surface area contributed by atoms with Crippen molar-refractivity contribution in [3.05, 3.63) is 32.8 Å². The number of hydrogen-bond donors (Lipinski definition) is 0. The molecule has 0 bridgehead atoms. The molecule has 0 aromatic heterocycles. The van der Waals surface area contributed by atoms with Crippen molar-refractivity contribution in [3.8, 4) is 0 Å². The molecule has 0 atom stereocenters. The van der Waals surface area contributed by atoms with Gasteiger partial charge in [-0.1, -0.05) is 60.5 Å². The van der Waals surface area contributed by atoms with E-state index in [-0.39, 0.29) is 24.4 Å². The Morgan fingerprint density at radius 3 is 2.11 bits per heavy atom. The van der Waals surface area contributed by atoms with Crippen LogP contribution in [-0.4, -0.2) is 11.2 Å². The van der Waals surface area contributed by atoms with Crippen molar-refractivity contribution >= 4 is 48.9 Å². The predicted molar refractivity (Wildman–Crippen MR) is 75.0 cm³/mol. The molecule has 1 aliphatic rings. The molecular formula is C12H11Cl3LiOP. The fourth-order valence-corrected chi connectivity index (χ4v) is 4.46. The van der Waals surface area contributed by atoms with E-state index >= 15 is 0 Å². The summed E-state index contributed by atoms with van der Waals surface area (Å²) in [7, 11) is 0.810. The van der Waals surface area contributed by atoms with Crippen LogP contribution in [0.25, 0.3) is 0 Å². The molecule has 0 aliphatic heterocycles. The SMILES string of the molecule is O=C([P-]C1CCCC1)c1c(Cl)cc(Cl)cc1Cl.[Li+]. The van der Waals surface area contributed by atoms with E-state index in [0.717, 1.165) is 21.4 Å². The van der Waals surface area contributed by atoms with E-state index in [1.165, 1.54) is 12.8 Å². The first-order chi connectivity index (χ1) is 8.08. The van der Waals surface area contributed by atoms with Gasteiger partial charge in [-0.3, -0.25) is 0 Å². The zero-order valence-corrected chi connectivity index (χ0v) is 13.2. The summed E-state index contributed by atoms with van der Waals surface area (Å²) < 4.78 is 0. The van der Waals surface area contributed by atoms with Crippen molar-refractivity contribution in [1.82, 2.24) is 0 Å². The molecule has 6 heteroatoms. The summed E-state index contributed by atoms with van der Waals surface area (Å²) in [5, 5.41) is 1.14. The normalized spacial score (nSPS) is 16.2. The summed E-state index contributed by atoms with van der Waals surface area (Å²) in [6.45, 7) is 0. The first-order valence-electron chi connectivity index (χ1n) is 5.47. The van der Waals surface area contributed by atoms with Gasteiger partial charge in [0.15, 0.2) is 0 Å². The molecule has 0 unspecified atom stereocenters. The van der Waals surface area contributed by atoms with Crippen molar-refractivity contribution in [2.45, 2.75) is 31.3 Å². The van der Waals surface area contributed by atoms with E-state index < -0.39 is 0 Å². The van der Waals surface area contributed by atoms with Gasteiger partial charge in [0.25, 0.3) is 0 Å². The predicted octanol–water partition coefficient (Wildman–Crippen LogP) is 2.68. The van der Waals surface area contributed by atoms with E-state index in [4.69, 9.17) is 34.8 Å². The third-order valence-corrected chi connectivity index (χ3v) is 5.00. The summed E-state index contributed by atoms with van der Waals surface area (Å²) in [6, 6.07) is 3.12. The number of carbonyl (C=O) groups excluding carboxylic acids is 1. The Morgan fingerprint density at radius 2 is 1.61 bits per heavy atom. The Labute approximate surface area is 136 Å². The van der Waals surface area contributed by atoms with Gasteiger partial charge in [-0.2, -0.15) is 5.66 Å². The molecule has 0 N–H and O–H groups in total. The molecule has 1 saturated carbocycles. The summed E-state index contributed by atoms with van der Waals surface area (Å²) in [5.74, 6) is 0. The van der Waals surface area contributed by atoms with Crippen LogP contribution in [0.1, 0.15) is 36.0 Å². The Bertz CT molecular complexity index is 424. The van der Waals surface area contributed by atoms with Crippen molar-refractivity contribution in [2.24, 2.45) is 0 Å². The number of carbonyl (C=O) groups is 1. The van der Waals surface area contributed by atoms with Crippen molar-refractivity contribution in [1.29, 1.82) is 0 Å². The number of benzene rings is 1. The van der Waals surface area contributed by atoms with E-state index in [9.17, 15) is 4.79 Å². The summed E-state index contributed by atoms with van der Waals surface area (Å²) in [6.07, 6.45) is 4.67. The Hall–Kier alpha value is 0.787. The molecule has 0 radical (unpaired) electrons. The van der Waals surface area contributed by atoms with Crippen molar-refractivity contribution < 1.29 is 23.7 Å². The molecule has 1 aromatic carbocycles. The second-order valence-corrected chi connectivity index (χ2v) is 6.76. The maximum absolute atomic E-state index is 12.1. The average Bonchev–Trinajstić information content (AvgIpc) is 2.68. The zero-order valence-electron chi connectivity index (χ0n) is 10.0. The van der Waals surface area contributed by atoms with Crippen LogP contribution in [0, 0.1) is 0 Å². The minimum Gasteiger partial charge on any atom is -0.456 e. The molecular weight excluding hydrogens is 304 g/mol.